The molecule has 1 atom stereocenters. The van der Waals surface area contributed by atoms with Gasteiger partial charge in [0.25, 0.3) is 0 Å². The van der Waals surface area contributed by atoms with Crippen LogP contribution < -0.4 is 0 Å². The summed E-state index contributed by atoms with van der Waals surface area (Å²) in [6, 6.07) is 20.1. The largest absolute Gasteiger partial charge is 0.388 e. The molecule has 0 bridgehead atoms. The number of aliphatic hydroxyl groups is 1. The molecule has 0 spiro atoms. The van der Waals surface area contributed by atoms with E-state index in [4.69, 9.17) is 0 Å². The van der Waals surface area contributed by atoms with Gasteiger partial charge in [0.05, 0.1) is 6.10 Å². The monoisotopic (exact) mass is 252 g/mol. The van der Waals surface area contributed by atoms with E-state index in [9.17, 15) is 5.11 Å². The molecule has 1 nitrogen and oxygen atoms in total. The van der Waals surface area contributed by atoms with Crippen molar-refractivity contribution in [3.63, 3.8) is 0 Å². The van der Waals surface area contributed by atoms with E-state index >= 15 is 0 Å². The average Bonchev–Trinajstić information content (AvgIpc) is 2.47. The molecule has 0 fully saturated rings. The lowest BCUT2D eigenvalue weighted by Crippen LogP contribution is -1.99. The molecule has 0 aliphatic heterocycles. The number of hydrogen-bond donors (Lipinski definition) is 1. The molecule has 0 saturated carbocycles. The first-order valence-electron chi connectivity index (χ1n) is 6.69. The van der Waals surface area contributed by atoms with E-state index in [-0.39, 0.29) is 0 Å². The fourth-order valence-corrected chi connectivity index (χ4v) is 2.13. The Hall–Kier alpha value is -1.86. The summed E-state index contributed by atoms with van der Waals surface area (Å²) in [5.74, 6) is 0. The fraction of sp³-hybridized carbons (Fsp3) is 0.222. The van der Waals surface area contributed by atoms with Crippen molar-refractivity contribution in [2.45, 2.75) is 25.4 Å². The average molecular weight is 252 g/mol. The normalized spacial score (nSPS) is 12.1. The first-order valence-corrected chi connectivity index (χ1v) is 6.69. The van der Waals surface area contributed by atoms with E-state index in [1.165, 1.54) is 5.56 Å². The lowest BCUT2D eigenvalue weighted by molar-refractivity contribution is 0.177. The minimum Gasteiger partial charge on any atom is -0.388 e. The quantitative estimate of drug-likeness (QED) is 0.760. The van der Waals surface area contributed by atoms with E-state index in [1.54, 1.807) is 0 Å². The van der Waals surface area contributed by atoms with Crippen LogP contribution in [0.1, 0.15) is 30.1 Å². The molecule has 0 radical (unpaired) electrons. The van der Waals surface area contributed by atoms with Crippen molar-refractivity contribution < 1.29 is 5.11 Å². The van der Waals surface area contributed by atoms with Crippen LogP contribution >= 0.6 is 0 Å². The zero-order valence-corrected chi connectivity index (χ0v) is 11.1. The molecule has 1 heteroatoms. The van der Waals surface area contributed by atoms with Gasteiger partial charge in [-0.15, -0.1) is 0 Å². The van der Waals surface area contributed by atoms with Crippen LogP contribution in [0.3, 0.4) is 0 Å². The number of benzene rings is 2. The molecule has 2 rings (SSSR count). The van der Waals surface area contributed by atoms with Crippen molar-refractivity contribution in [2.75, 3.05) is 0 Å². The van der Waals surface area contributed by atoms with Crippen molar-refractivity contribution in [1.82, 2.24) is 0 Å². The Kier molecular flexibility index (Phi) is 4.93. The number of rotatable bonds is 6. The van der Waals surface area contributed by atoms with Gasteiger partial charge in [0.15, 0.2) is 0 Å². The molecule has 2 aromatic carbocycles. The smallest absolute Gasteiger partial charge is 0.0827 e. The molecule has 0 saturated heterocycles. The van der Waals surface area contributed by atoms with Gasteiger partial charge in [0.2, 0.25) is 0 Å². The third kappa shape index (κ3) is 4.38. The van der Waals surface area contributed by atoms with Gasteiger partial charge in [-0.3, -0.25) is 0 Å². The Labute approximate surface area is 115 Å². The van der Waals surface area contributed by atoms with Gasteiger partial charge in [-0.1, -0.05) is 72.8 Å². The van der Waals surface area contributed by atoms with E-state index in [2.05, 4.69) is 30.8 Å². The molecule has 0 aliphatic rings. The Morgan fingerprint density at radius 3 is 2.16 bits per heavy atom. The van der Waals surface area contributed by atoms with Gasteiger partial charge in [-0.05, 0) is 30.4 Å². The highest BCUT2D eigenvalue weighted by atomic mass is 16.3. The van der Waals surface area contributed by atoms with Crippen LogP contribution in [0.5, 0.6) is 0 Å². The van der Waals surface area contributed by atoms with Gasteiger partial charge in [-0.25, -0.2) is 0 Å². The van der Waals surface area contributed by atoms with E-state index in [1.807, 2.05) is 36.4 Å². The summed E-state index contributed by atoms with van der Waals surface area (Å²) in [6.07, 6.45) is 2.11. The predicted octanol–water partition coefficient (Wildman–Crippen LogP) is 4.30. The maximum absolute atomic E-state index is 10.1. The summed E-state index contributed by atoms with van der Waals surface area (Å²) >= 11 is 0. The first kappa shape index (κ1) is 13.6. The summed E-state index contributed by atoms with van der Waals surface area (Å²) in [4.78, 5) is 0. The number of hydrogen-bond acceptors (Lipinski definition) is 1. The summed E-state index contributed by atoms with van der Waals surface area (Å²) in [6.45, 7) is 4.08. The molecule has 0 amide bonds. The van der Waals surface area contributed by atoms with Crippen LogP contribution in [0.25, 0.3) is 0 Å². The number of aryl methyl sites for hydroxylation is 1. The van der Waals surface area contributed by atoms with Gasteiger partial charge in [0.1, 0.15) is 0 Å². The highest BCUT2D eigenvalue weighted by Gasteiger charge is 2.08. The van der Waals surface area contributed by atoms with Gasteiger partial charge in [0, 0.05) is 0 Å². The zero-order chi connectivity index (χ0) is 13.5. The summed E-state index contributed by atoms with van der Waals surface area (Å²) < 4.78 is 0. The van der Waals surface area contributed by atoms with E-state index in [0.717, 1.165) is 24.0 Å². The minimum atomic E-state index is -0.440. The second-order valence-corrected chi connectivity index (χ2v) is 4.87. The SMILES string of the molecule is C=C(CCc1ccccc1)CC(O)c1ccccc1. The lowest BCUT2D eigenvalue weighted by atomic mass is 9.98. The summed E-state index contributed by atoms with van der Waals surface area (Å²) in [5, 5.41) is 10.1. The van der Waals surface area contributed by atoms with Gasteiger partial charge in [-0.2, -0.15) is 0 Å². The Bertz CT molecular complexity index is 502. The molecule has 98 valence electrons. The standard InChI is InChI=1S/C18H20O/c1-15(12-13-16-8-4-2-5-9-16)14-18(19)17-10-6-3-7-11-17/h2-11,18-19H,1,12-14H2. The van der Waals surface area contributed by atoms with Crippen molar-refractivity contribution in [2.24, 2.45) is 0 Å². The van der Waals surface area contributed by atoms with Gasteiger partial charge >= 0.3 is 0 Å². The molecule has 1 unspecified atom stereocenters. The molecule has 19 heavy (non-hydrogen) atoms. The minimum absolute atomic E-state index is 0.440. The molecule has 0 aromatic heterocycles. The molecule has 1 N–H and O–H groups in total. The van der Waals surface area contributed by atoms with E-state index in [0.29, 0.717) is 6.42 Å². The van der Waals surface area contributed by atoms with Crippen molar-refractivity contribution in [3.05, 3.63) is 83.9 Å². The van der Waals surface area contributed by atoms with Crippen LogP contribution in [0.4, 0.5) is 0 Å². The van der Waals surface area contributed by atoms with Crippen LogP contribution in [-0.4, -0.2) is 5.11 Å². The van der Waals surface area contributed by atoms with Crippen LogP contribution in [0.15, 0.2) is 72.8 Å². The summed E-state index contributed by atoms with van der Waals surface area (Å²) in [7, 11) is 0. The Morgan fingerprint density at radius 1 is 0.947 bits per heavy atom. The van der Waals surface area contributed by atoms with Gasteiger partial charge < -0.3 is 5.11 Å². The maximum atomic E-state index is 10.1. The zero-order valence-electron chi connectivity index (χ0n) is 11.1. The van der Waals surface area contributed by atoms with Crippen molar-refractivity contribution in [1.29, 1.82) is 0 Å². The summed E-state index contributed by atoms with van der Waals surface area (Å²) in [5.41, 5.74) is 3.38. The molecular weight excluding hydrogens is 232 g/mol. The topological polar surface area (TPSA) is 20.2 Å². The Morgan fingerprint density at radius 2 is 1.53 bits per heavy atom. The molecule has 0 heterocycles. The van der Waals surface area contributed by atoms with Crippen molar-refractivity contribution >= 4 is 0 Å². The second-order valence-electron chi connectivity index (χ2n) is 4.87. The third-order valence-electron chi connectivity index (χ3n) is 3.28. The highest BCUT2D eigenvalue weighted by molar-refractivity contribution is 5.20. The van der Waals surface area contributed by atoms with Crippen molar-refractivity contribution in [3.8, 4) is 0 Å². The van der Waals surface area contributed by atoms with Crippen LogP contribution in [0, 0.1) is 0 Å². The number of aliphatic hydroxyl groups excluding tert-OH is 1. The van der Waals surface area contributed by atoms with E-state index < -0.39 is 6.10 Å². The maximum Gasteiger partial charge on any atom is 0.0827 e. The molecule has 0 aliphatic carbocycles. The lowest BCUT2D eigenvalue weighted by Gasteiger charge is -2.13. The predicted molar refractivity (Wildman–Crippen MR) is 79.9 cm³/mol. The Balaban J connectivity index is 1.82. The second kappa shape index (κ2) is 6.91. The molecular formula is C18H20O. The highest BCUT2D eigenvalue weighted by Crippen LogP contribution is 2.22. The molecule has 2 aromatic rings. The third-order valence-corrected chi connectivity index (χ3v) is 3.28. The first-order chi connectivity index (χ1) is 9.25. The fourth-order valence-electron chi connectivity index (χ4n) is 2.13. The van der Waals surface area contributed by atoms with Crippen LogP contribution in [-0.2, 0) is 6.42 Å². The van der Waals surface area contributed by atoms with Crippen LogP contribution in [0.2, 0.25) is 0 Å².